The number of anilines is 1. The summed E-state index contributed by atoms with van der Waals surface area (Å²) in [6, 6.07) is 15.3. The number of aromatic amines is 1. The van der Waals surface area contributed by atoms with Crippen LogP contribution >= 0.6 is 0 Å². The highest BCUT2D eigenvalue weighted by atomic mass is 16.5. The first-order valence-electron chi connectivity index (χ1n) is 9.80. The number of fused-ring (bicyclic) bond motifs is 1. The summed E-state index contributed by atoms with van der Waals surface area (Å²) in [5.74, 6) is 1.06. The molecule has 0 spiro atoms. The molecular weight excluding hydrogens is 368 g/mol. The molecule has 1 aliphatic rings. The summed E-state index contributed by atoms with van der Waals surface area (Å²) in [5, 5.41) is 2.96. The van der Waals surface area contributed by atoms with Crippen LogP contribution < -0.4 is 15.0 Å². The number of aryl methyl sites for hydroxylation is 1. The van der Waals surface area contributed by atoms with Crippen LogP contribution in [0.1, 0.15) is 18.7 Å². The van der Waals surface area contributed by atoms with Crippen molar-refractivity contribution in [2.75, 3.05) is 25.1 Å². The fourth-order valence-corrected chi connectivity index (χ4v) is 3.70. The molecule has 7 nitrogen and oxygen atoms in total. The lowest BCUT2D eigenvalue weighted by atomic mass is 10.1. The standard InChI is InChI=1S/C22H24N4O3/c1-29-19-10-5-4-9-18(19)26-14-15(13-21(26)27)22(28)23-12-6-11-20-24-16-7-2-3-8-17(16)25-20/h2-5,7-10,15H,6,11-14H2,1H3,(H,23,28)(H,24,25). The average molecular weight is 392 g/mol. The molecule has 1 aromatic heterocycles. The topological polar surface area (TPSA) is 87.3 Å². The second-order valence-electron chi connectivity index (χ2n) is 7.17. The Hall–Kier alpha value is -3.35. The van der Waals surface area contributed by atoms with Crippen molar-refractivity contribution in [3.63, 3.8) is 0 Å². The van der Waals surface area contributed by atoms with Gasteiger partial charge in [-0.25, -0.2) is 4.98 Å². The van der Waals surface area contributed by atoms with Crippen LogP contribution in [0.5, 0.6) is 5.75 Å². The molecule has 1 unspecified atom stereocenters. The number of para-hydroxylation sites is 4. The molecule has 1 saturated heterocycles. The number of carbonyl (C=O) groups excluding carboxylic acids is 2. The van der Waals surface area contributed by atoms with Crippen LogP contribution in [0.3, 0.4) is 0 Å². The third-order valence-electron chi connectivity index (χ3n) is 5.20. The van der Waals surface area contributed by atoms with E-state index in [1.165, 1.54) is 0 Å². The molecule has 1 atom stereocenters. The number of nitrogens with zero attached hydrogens (tertiary/aromatic N) is 2. The number of H-pyrrole nitrogens is 1. The van der Waals surface area contributed by atoms with E-state index in [1.807, 2.05) is 48.5 Å². The van der Waals surface area contributed by atoms with E-state index in [0.29, 0.717) is 24.5 Å². The molecule has 2 amide bonds. The minimum Gasteiger partial charge on any atom is -0.495 e. The van der Waals surface area contributed by atoms with Crippen LogP contribution in [0.2, 0.25) is 0 Å². The molecule has 0 aliphatic carbocycles. The molecule has 0 saturated carbocycles. The number of amides is 2. The normalized spacial score (nSPS) is 16.4. The fourth-order valence-electron chi connectivity index (χ4n) is 3.70. The van der Waals surface area contributed by atoms with Gasteiger partial charge >= 0.3 is 0 Å². The molecule has 7 heteroatoms. The Labute approximate surface area is 169 Å². The van der Waals surface area contributed by atoms with Crippen LogP contribution in [0.15, 0.2) is 48.5 Å². The summed E-state index contributed by atoms with van der Waals surface area (Å²) in [7, 11) is 1.57. The molecule has 150 valence electrons. The zero-order chi connectivity index (χ0) is 20.2. The number of methoxy groups -OCH3 is 1. The predicted octanol–water partition coefficient (Wildman–Crippen LogP) is 2.67. The van der Waals surface area contributed by atoms with E-state index in [4.69, 9.17) is 4.74 Å². The Bertz CT molecular complexity index is 997. The monoisotopic (exact) mass is 392 g/mol. The van der Waals surface area contributed by atoms with Crippen molar-refractivity contribution in [1.29, 1.82) is 0 Å². The minimum atomic E-state index is -0.349. The van der Waals surface area contributed by atoms with Crippen LogP contribution in [0.4, 0.5) is 5.69 Å². The summed E-state index contributed by atoms with van der Waals surface area (Å²) in [6.45, 7) is 0.920. The van der Waals surface area contributed by atoms with Crippen molar-refractivity contribution in [1.82, 2.24) is 15.3 Å². The quantitative estimate of drug-likeness (QED) is 0.605. The Morgan fingerprint density at radius 3 is 2.86 bits per heavy atom. The number of aromatic nitrogens is 2. The van der Waals surface area contributed by atoms with Crippen molar-refractivity contribution in [2.45, 2.75) is 19.3 Å². The smallest absolute Gasteiger partial charge is 0.227 e. The van der Waals surface area contributed by atoms with Crippen molar-refractivity contribution in [2.24, 2.45) is 5.92 Å². The van der Waals surface area contributed by atoms with Gasteiger partial charge in [-0.15, -0.1) is 0 Å². The summed E-state index contributed by atoms with van der Waals surface area (Å²) in [5.41, 5.74) is 2.68. The highest BCUT2D eigenvalue weighted by molar-refractivity contribution is 6.01. The van der Waals surface area contributed by atoms with E-state index in [-0.39, 0.29) is 24.2 Å². The van der Waals surface area contributed by atoms with E-state index in [2.05, 4.69) is 15.3 Å². The van der Waals surface area contributed by atoms with Gasteiger partial charge in [0.15, 0.2) is 0 Å². The Morgan fingerprint density at radius 2 is 2.03 bits per heavy atom. The van der Waals surface area contributed by atoms with Gasteiger partial charge < -0.3 is 19.9 Å². The van der Waals surface area contributed by atoms with Crippen molar-refractivity contribution in [3.8, 4) is 5.75 Å². The summed E-state index contributed by atoms with van der Waals surface area (Å²) in [6.07, 6.45) is 1.75. The van der Waals surface area contributed by atoms with Gasteiger partial charge in [0.25, 0.3) is 0 Å². The highest BCUT2D eigenvalue weighted by Gasteiger charge is 2.36. The van der Waals surface area contributed by atoms with Gasteiger partial charge in [0, 0.05) is 25.9 Å². The van der Waals surface area contributed by atoms with E-state index in [0.717, 1.165) is 29.7 Å². The van der Waals surface area contributed by atoms with Crippen molar-refractivity contribution < 1.29 is 14.3 Å². The zero-order valence-electron chi connectivity index (χ0n) is 16.4. The van der Waals surface area contributed by atoms with Crippen LogP contribution in [0, 0.1) is 5.92 Å². The van der Waals surface area contributed by atoms with Crippen LogP contribution in [-0.4, -0.2) is 42.0 Å². The maximum absolute atomic E-state index is 12.5. The van der Waals surface area contributed by atoms with Crippen LogP contribution in [0.25, 0.3) is 11.0 Å². The van der Waals surface area contributed by atoms with Gasteiger partial charge in [0.1, 0.15) is 11.6 Å². The molecule has 4 rings (SSSR count). The lowest BCUT2D eigenvalue weighted by Gasteiger charge is -2.19. The number of hydrogen-bond acceptors (Lipinski definition) is 4. The van der Waals surface area contributed by atoms with Gasteiger partial charge in [0.05, 0.1) is 29.7 Å². The van der Waals surface area contributed by atoms with E-state index in [9.17, 15) is 9.59 Å². The molecule has 29 heavy (non-hydrogen) atoms. The predicted molar refractivity (Wildman–Crippen MR) is 111 cm³/mol. The van der Waals surface area contributed by atoms with Gasteiger partial charge in [-0.2, -0.15) is 0 Å². The van der Waals surface area contributed by atoms with Gasteiger partial charge in [-0.3, -0.25) is 9.59 Å². The third-order valence-corrected chi connectivity index (χ3v) is 5.20. The Morgan fingerprint density at radius 1 is 1.24 bits per heavy atom. The first kappa shape index (κ1) is 19.0. The van der Waals surface area contributed by atoms with Gasteiger partial charge in [0.2, 0.25) is 11.8 Å². The van der Waals surface area contributed by atoms with Gasteiger partial charge in [-0.05, 0) is 30.7 Å². The molecule has 2 N–H and O–H groups in total. The second kappa shape index (κ2) is 8.34. The number of benzene rings is 2. The molecule has 1 aliphatic heterocycles. The number of hydrogen-bond donors (Lipinski definition) is 2. The summed E-state index contributed by atoms with van der Waals surface area (Å²) in [4.78, 5) is 34.4. The number of nitrogens with one attached hydrogen (secondary N) is 2. The lowest BCUT2D eigenvalue weighted by Crippen LogP contribution is -2.33. The molecule has 0 bridgehead atoms. The molecule has 2 heterocycles. The van der Waals surface area contributed by atoms with Crippen LogP contribution in [-0.2, 0) is 16.0 Å². The highest BCUT2D eigenvalue weighted by Crippen LogP contribution is 2.32. The molecule has 3 aromatic rings. The van der Waals surface area contributed by atoms with Crippen molar-refractivity contribution in [3.05, 3.63) is 54.4 Å². The molecule has 2 aromatic carbocycles. The maximum atomic E-state index is 12.5. The summed E-state index contributed by atoms with van der Waals surface area (Å²) >= 11 is 0. The second-order valence-corrected chi connectivity index (χ2v) is 7.17. The lowest BCUT2D eigenvalue weighted by molar-refractivity contribution is -0.126. The third kappa shape index (κ3) is 4.08. The number of rotatable bonds is 7. The Kier molecular flexibility index (Phi) is 5.46. The molecule has 0 radical (unpaired) electrons. The largest absolute Gasteiger partial charge is 0.495 e. The number of imidazole rings is 1. The minimum absolute atomic E-state index is 0.0584. The first-order valence-corrected chi connectivity index (χ1v) is 9.80. The van der Waals surface area contributed by atoms with Crippen molar-refractivity contribution >= 4 is 28.5 Å². The number of ether oxygens (including phenoxy) is 1. The van der Waals surface area contributed by atoms with E-state index in [1.54, 1.807) is 12.0 Å². The number of carbonyl (C=O) groups is 2. The summed E-state index contributed by atoms with van der Waals surface area (Å²) < 4.78 is 5.34. The van der Waals surface area contributed by atoms with E-state index < -0.39 is 0 Å². The Balaban J connectivity index is 1.28. The molecule has 1 fully saturated rings. The fraction of sp³-hybridized carbons (Fsp3) is 0.318. The average Bonchev–Trinajstić information content (AvgIpc) is 3.34. The van der Waals surface area contributed by atoms with E-state index >= 15 is 0 Å². The zero-order valence-corrected chi connectivity index (χ0v) is 16.4. The maximum Gasteiger partial charge on any atom is 0.227 e. The van der Waals surface area contributed by atoms with Gasteiger partial charge in [-0.1, -0.05) is 24.3 Å². The molecular formula is C22H24N4O3. The first-order chi connectivity index (χ1) is 14.2. The SMILES string of the molecule is COc1ccccc1N1CC(C(=O)NCCCc2nc3ccccc3[nH]2)CC1=O.